The van der Waals surface area contributed by atoms with E-state index in [9.17, 15) is 4.79 Å². The Labute approximate surface area is 90.1 Å². The van der Waals surface area contributed by atoms with Crippen molar-refractivity contribution in [2.45, 2.75) is 39.4 Å². The van der Waals surface area contributed by atoms with E-state index < -0.39 is 5.79 Å². The van der Waals surface area contributed by atoms with E-state index in [4.69, 9.17) is 9.47 Å². The molecule has 0 aromatic carbocycles. The first-order chi connectivity index (χ1) is 6.96. The van der Waals surface area contributed by atoms with Crippen LogP contribution in [0.15, 0.2) is 0 Å². The molecular weight excluding hydrogens is 192 g/mol. The van der Waals surface area contributed by atoms with Gasteiger partial charge in [0.05, 0.1) is 13.2 Å². The predicted octanol–water partition coefficient (Wildman–Crippen LogP) is 1.75. The van der Waals surface area contributed by atoms with Gasteiger partial charge < -0.3 is 9.47 Å². The van der Waals surface area contributed by atoms with Gasteiger partial charge in [0.25, 0.3) is 0 Å². The Bertz CT molecular complexity index is 328. The monoisotopic (exact) mass is 210 g/mol. The zero-order valence-corrected chi connectivity index (χ0v) is 9.63. The zero-order valence-electron chi connectivity index (χ0n) is 9.63. The van der Waals surface area contributed by atoms with Crippen LogP contribution in [0, 0.1) is 16.7 Å². The van der Waals surface area contributed by atoms with Crippen LogP contribution < -0.4 is 0 Å². The van der Waals surface area contributed by atoms with Gasteiger partial charge in [0, 0.05) is 11.3 Å². The van der Waals surface area contributed by atoms with E-state index in [2.05, 4.69) is 20.8 Å². The molecule has 3 heteroatoms. The van der Waals surface area contributed by atoms with Gasteiger partial charge >= 0.3 is 0 Å². The highest BCUT2D eigenvalue weighted by Crippen LogP contribution is 2.69. The summed E-state index contributed by atoms with van der Waals surface area (Å²) in [5.74, 6) is -0.585. The second-order valence-electron chi connectivity index (χ2n) is 5.82. The molecule has 3 aliphatic rings. The molecule has 1 spiro atoms. The molecule has 3 nitrogen and oxygen atoms in total. The summed E-state index contributed by atoms with van der Waals surface area (Å²) >= 11 is 0. The van der Waals surface area contributed by atoms with Crippen LogP contribution in [0.1, 0.15) is 33.6 Å². The minimum Gasteiger partial charge on any atom is -0.341 e. The number of ether oxygens (including phenoxy) is 2. The lowest BCUT2D eigenvalue weighted by atomic mass is 9.68. The molecule has 2 aliphatic carbocycles. The Morgan fingerprint density at radius 2 is 1.80 bits per heavy atom. The fourth-order valence-corrected chi connectivity index (χ4v) is 3.92. The highest BCUT2D eigenvalue weighted by molar-refractivity contribution is 5.94. The predicted molar refractivity (Wildman–Crippen MR) is 54.3 cm³/mol. The standard InChI is InChI=1S/C12H18O3/c1-10(2)8-4-5-11(10,3)12(9(8)13)14-6-7-15-12/h8H,4-7H2,1-3H3/t8-,11+/m1/s1. The van der Waals surface area contributed by atoms with Crippen LogP contribution >= 0.6 is 0 Å². The van der Waals surface area contributed by atoms with Crippen LogP contribution in [-0.4, -0.2) is 24.8 Å². The molecule has 0 N–H and O–H groups in total. The molecular formula is C12H18O3. The number of ketones is 1. The molecule has 0 aromatic rings. The Morgan fingerprint density at radius 3 is 2.27 bits per heavy atom. The van der Waals surface area contributed by atoms with Crippen molar-refractivity contribution >= 4 is 5.78 Å². The number of fused-ring (bicyclic) bond motifs is 3. The molecule has 0 radical (unpaired) electrons. The molecule has 1 heterocycles. The Balaban J connectivity index is 2.16. The molecule has 0 unspecified atom stereocenters. The lowest BCUT2D eigenvalue weighted by Gasteiger charge is -2.42. The van der Waals surface area contributed by atoms with E-state index in [0.717, 1.165) is 12.8 Å². The maximum absolute atomic E-state index is 12.4. The molecule has 15 heavy (non-hydrogen) atoms. The fourth-order valence-electron chi connectivity index (χ4n) is 3.92. The molecule has 0 aromatic heterocycles. The molecule has 2 saturated carbocycles. The second kappa shape index (κ2) is 2.46. The van der Waals surface area contributed by atoms with Crippen molar-refractivity contribution < 1.29 is 14.3 Å². The zero-order chi connectivity index (χ0) is 10.9. The largest absolute Gasteiger partial charge is 0.341 e. The van der Waals surface area contributed by atoms with Crippen molar-refractivity contribution in [2.24, 2.45) is 16.7 Å². The minimum absolute atomic E-state index is 0.00836. The summed E-state index contributed by atoms with van der Waals surface area (Å²) in [7, 11) is 0. The van der Waals surface area contributed by atoms with E-state index in [1.54, 1.807) is 0 Å². The van der Waals surface area contributed by atoms with Crippen LogP contribution in [-0.2, 0) is 14.3 Å². The van der Waals surface area contributed by atoms with Gasteiger partial charge in [-0.1, -0.05) is 20.8 Å². The Hall–Kier alpha value is -0.410. The molecule has 2 bridgehead atoms. The van der Waals surface area contributed by atoms with Crippen molar-refractivity contribution in [3.63, 3.8) is 0 Å². The molecule has 1 saturated heterocycles. The Kier molecular flexibility index (Phi) is 1.61. The number of rotatable bonds is 0. The summed E-state index contributed by atoms with van der Waals surface area (Å²) < 4.78 is 11.4. The Morgan fingerprint density at radius 1 is 1.20 bits per heavy atom. The molecule has 84 valence electrons. The first-order valence-corrected chi connectivity index (χ1v) is 5.78. The van der Waals surface area contributed by atoms with Crippen LogP contribution in [0.25, 0.3) is 0 Å². The van der Waals surface area contributed by atoms with Gasteiger partial charge in [-0.05, 0) is 18.3 Å². The first-order valence-electron chi connectivity index (χ1n) is 5.78. The summed E-state index contributed by atoms with van der Waals surface area (Å²) in [5, 5.41) is 0. The van der Waals surface area contributed by atoms with Gasteiger partial charge in [0.2, 0.25) is 5.79 Å². The number of carbonyl (C=O) groups is 1. The summed E-state index contributed by atoms with van der Waals surface area (Å²) in [6, 6.07) is 0. The van der Waals surface area contributed by atoms with Gasteiger partial charge in [0.1, 0.15) is 0 Å². The number of Topliss-reactive ketones (excluding diaryl/α,β-unsaturated/α-hetero) is 1. The molecule has 0 amide bonds. The van der Waals surface area contributed by atoms with Crippen LogP contribution in [0.4, 0.5) is 0 Å². The lowest BCUT2D eigenvalue weighted by Crippen LogP contribution is -2.52. The molecule has 3 rings (SSSR count). The summed E-state index contributed by atoms with van der Waals surface area (Å²) in [6.45, 7) is 7.64. The highest BCUT2D eigenvalue weighted by Gasteiger charge is 2.76. The average Bonchev–Trinajstić information content (AvgIpc) is 2.74. The summed E-state index contributed by atoms with van der Waals surface area (Å²) in [6.07, 6.45) is 2.03. The first kappa shape index (κ1) is 9.79. The SMILES string of the molecule is CC1(C)[C@@H]2CC[C@]1(C)C1(OCCO1)C2=O. The molecule has 3 fully saturated rings. The van der Waals surface area contributed by atoms with E-state index in [0.29, 0.717) is 13.2 Å². The number of hydrogen-bond acceptors (Lipinski definition) is 3. The summed E-state index contributed by atoms with van der Waals surface area (Å²) in [4.78, 5) is 12.4. The van der Waals surface area contributed by atoms with E-state index in [-0.39, 0.29) is 22.5 Å². The smallest absolute Gasteiger partial charge is 0.235 e. The third-order valence-electron chi connectivity index (χ3n) is 5.29. The van der Waals surface area contributed by atoms with Gasteiger partial charge in [0.15, 0.2) is 5.78 Å². The fraction of sp³-hybridized carbons (Fsp3) is 0.917. The normalized spacial score (nSPS) is 45.5. The van der Waals surface area contributed by atoms with Crippen molar-refractivity contribution in [3.05, 3.63) is 0 Å². The van der Waals surface area contributed by atoms with Gasteiger partial charge in [-0.15, -0.1) is 0 Å². The molecule has 2 atom stereocenters. The molecule has 1 aliphatic heterocycles. The number of hydrogen-bond donors (Lipinski definition) is 0. The van der Waals surface area contributed by atoms with Crippen molar-refractivity contribution in [1.82, 2.24) is 0 Å². The van der Waals surface area contributed by atoms with Crippen molar-refractivity contribution in [1.29, 1.82) is 0 Å². The summed E-state index contributed by atoms with van der Waals surface area (Å²) in [5.41, 5.74) is -0.132. The van der Waals surface area contributed by atoms with Gasteiger partial charge in [-0.3, -0.25) is 4.79 Å². The van der Waals surface area contributed by atoms with Gasteiger partial charge in [-0.2, -0.15) is 0 Å². The second-order valence-corrected chi connectivity index (χ2v) is 5.82. The van der Waals surface area contributed by atoms with Crippen LogP contribution in [0.5, 0.6) is 0 Å². The maximum atomic E-state index is 12.4. The minimum atomic E-state index is -0.903. The third-order valence-corrected chi connectivity index (χ3v) is 5.29. The van der Waals surface area contributed by atoms with E-state index in [1.165, 1.54) is 0 Å². The van der Waals surface area contributed by atoms with Crippen molar-refractivity contribution in [3.8, 4) is 0 Å². The highest BCUT2D eigenvalue weighted by atomic mass is 16.7. The van der Waals surface area contributed by atoms with E-state index >= 15 is 0 Å². The van der Waals surface area contributed by atoms with Crippen LogP contribution in [0.2, 0.25) is 0 Å². The van der Waals surface area contributed by atoms with Crippen molar-refractivity contribution in [2.75, 3.05) is 13.2 Å². The van der Waals surface area contributed by atoms with E-state index in [1.807, 2.05) is 0 Å². The average molecular weight is 210 g/mol. The maximum Gasteiger partial charge on any atom is 0.235 e. The quantitative estimate of drug-likeness (QED) is 0.611. The van der Waals surface area contributed by atoms with Gasteiger partial charge in [-0.25, -0.2) is 0 Å². The third kappa shape index (κ3) is 0.773. The topological polar surface area (TPSA) is 35.5 Å². The van der Waals surface area contributed by atoms with Crippen LogP contribution in [0.3, 0.4) is 0 Å². The number of carbonyl (C=O) groups excluding carboxylic acids is 1. The lowest BCUT2D eigenvalue weighted by molar-refractivity contribution is -0.226.